The van der Waals surface area contributed by atoms with Gasteiger partial charge >= 0.3 is 0 Å². The minimum atomic E-state index is 0.802. The topological polar surface area (TPSA) is 39.1 Å². The Hall–Kier alpha value is -1.03. The molecular weight excluding hydrogens is 214 g/mol. The van der Waals surface area contributed by atoms with Gasteiger partial charge in [-0.05, 0) is 25.2 Å². The van der Waals surface area contributed by atoms with Gasteiger partial charge in [-0.3, -0.25) is 0 Å². The number of aromatic nitrogens is 2. The van der Waals surface area contributed by atoms with E-state index >= 15 is 0 Å². The van der Waals surface area contributed by atoms with Crippen molar-refractivity contribution >= 4 is 5.95 Å². The van der Waals surface area contributed by atoms with Gasteiger partial charge in [0, 0.05) is 39.2 Å². The zero-order valence-corrected chi connectivity index (χ0v) is 10.7. The largest absolute Gasteiger partial charge is 0.385 e. The first kappa shape index (κ1) is 12.4. The molecule has 4 heteroatoms. The molecule has 1 aliphatic carbocycles. The summed E-state index contributed by atoms with van der Waals surface area (Å²) >= 11 is 0. The molecule has 0 aliphatic heterocycles. The molecule has 1 saturated carbocycles. The lowest BCUT2D eigenvalue weighted by atomic mass is 10.1. The van der Waals surface area contributed by atoms with E-state index < -0.39 is 0 Å². The number of hydrogen-bond acceptors (Lipinski definition) is 3. The van der Waals surface area contributed by atoms with E-state index in [4.69, 9.17) is 4.74 Å². The summed E-state index contributed by atoms with van der Waals surface area (Å²) < 4.78 is 7.28. The van der Waals surface area contributed by atoms with Gasteiger partial charge in [0.05, 0.1) is 0 Å². The predicted molar refractivity (Wildman–Crippen MR) is 69.2 cm³/mol. The highest BCUT2D eigenvalue weighted by atomic mass is 16.5. The highest BCUT2D eigenvalue weighted by Crippen LogP contribution is 2.26. The van der Waals surface area contributed by atoms with Crippen molar-refractivity contribution in [2.75, 3.05) is 25.6 Å². The third kappa shape index (κ3) is 3.73. The molecule has 0 aromatic carbocycles. The van der Waals surface area contributed by atoms with Crippen molar-refractivity contribution < 1.29 is 4.74 Å². The summed E-state index contributed by atoms with van der Waals surface area (Å²) in [6.07, 6.45) is 10.5. The quantitative estimate of drug-likeness (QED) is 0.741. The molecule has 17 heavy (non-hydrogen) atoms. The van der Waals surface area contributed by atoms with Crippen molar-refractivity contribution in [3.8, 4) is 0 Å². The van der Waals surface area contributed by atoms with Gasteiger partial charge < -0.3 is 14.6 Å². The Labute approximate surface area is 103 Å². The molecule has 0 atom stereocenters. The van der Waals surface area contributed by atoms with Crippen LogP contribution < -0.4 is 5.32 Å². The summed E-state index contributed by atoms with van der Waals surface area (Å²) in [6, 6.07) is 0. The molecule has 4 nitrogen and oxygen atoms in total. The Bertz CT molecular complexity index is 318. The van der Waals surface area contributed by atoms with Crippen LogP contribution in [-0.4, -0.2) is 29.8 Å². The second-order valence-corrected chi connectivity index (χ2v) is 4.83. The molecule has 0 amide bonds. The van der Waals surface area contributed by atoms with Crippen LogP contribution in [0.2, 0.25) is 0 Å². The fraction of sp³-hybridized carbons (Fsp3) is 0.769. The van der Waals surface area contributed by atoms with Crippen molar-refractivity contribution in [3.05, 3.63) is 12.4 Å². The summed E-state index contributed by atoms with van der Waals surface area (Å²) in [7, 11) is 1.74. The molecule has 0 unspecified atom stereocenters. The maximum absolute atomic E-state index is 5.03. The van der Waals surface area contributed by atoms with Crippen LogP contribution in [0.3, 0.4) is 0 Å². The molecule has 0 spiro atoms. The van der Waals surface area contributed by atoms with Crippen LogP contribution in [0, 0.1) is 5.92 Å². The third-order valence-electron chi connectivity index (χ3n) is 3.45. The van der Waals surface area contributed by atoms with E-state index in [0.29, 0.717) is 0 Å². The molecule has 96 valence electrons. The van der Waals surface area contributed by atoms with Gasteiger partial charge in [-0.15, -0.1) is 0 Å². The summed E-state index contributed by atoms with van der Waals surface area (Å²) in [5.41, 5.74) is 0. The summed E-state index contributed by atoms with van der Waals surface area (Å²) in [6.45, 7) is 2.85. The summed E-state index contributed by atoms with van der Waals surface area (Å²) in [4.78, 5) is 4.37. The van der Waals surface area contributed by atoms with Crippen LogP contribution in [0.15, 0.2) is 12.4 Å². The third-order valence-corrected chi connectivity index (χ3v) is 3.45. The van der Waals surface area contributed by atoms with Gasteiger partial charge in [0.25, 0.3) is 0 Å². The van der Waals surface area contributed by atoms with E-state index in [2.05, 4.69) is 21.1 Å². The van der Waals surface area contributed by atoms with Gasteiger partial charge in [0.1, 0.15) is 0 Å². The zero-order chi connectivity index (χ0) is 11.9. The van der Waals surface area contributed by atoms with E-state index in [1.807, 2.05) is 6.20 Å². The van der Waals surface area contributed by atoms with Crippen LogP contribution in [-0.2, 0) is 11.3 Å². The van der Waals surface area contributed by atoms with Gasteiger partial charge in [-0.25, -0.2) is 4.98 Å². The van der Waals surface area contributed by atoms with Gasteiger partial charge in [0.15, 0.2) is 0 Å². The van der Waals surface area contributed by atoms with Crippen molar-refractivity contribution in [3.63, 3.8) is 0 Å². The smallest absolute Gasteiger partial charge is 0.202 e. The number of rotatable bonds is 7. The molecule has 0 bridgehead atoms. The van der Waals surface area contributed by atoms with Crippen LogP contribution >= 0.6 is 0 Å². The second-order valence-electron chi connectivity index (χ2n) is 4.83. The normalized spacial score (nSPS) is 16.5. The zero-order valence-electron chi connectivity index (χ0n) is 10.7. The highest BCUT2D eigenvalue weighted by molar-refractivity contribution is 5.25. The molecule has 1 N–H and O–H groups in total. The molecular formula is C13H23N3O. The van der Waals surface area contributed by atoms with Gasteiger partial charge in [-0.2, -0.15) is 0 Å². The first-order valence-electron chi connectivity index (χ1n) is 6.64. The number of nitrogens with zero attached hydrogens (tertiary/aromatic N) is 2. The van der Waals surface area contributed by atoms with Crippen LogP contribution in [0.4, 0.5) is 5.95 Å². The second kappa shape index (κ2) is 6.64. The molecule has 1 fully saturated rings. The van der Waals surface area contributed by atoms with Crippen molar-refractivity contribution in [2.24, 2.45) is 5.92 Å². The van der Waals surface area contributed by atoms with Crippen molar-refractivity contribution in [1.82, 2.24) is 9.55 Å². The monoisotopic (exact) mass is 237 g/mol. The number of hydrogen-bond donors (Lipinski definition) is 1. The SMILES string of the molecule is COCCCNc1nccn1CC1CCCC1. The number of nitrogens with one attached hydrogen (secondary N) is 1. The average Bonchev–Trinajstić information content (AvgIpc) is 2.97. The number of imidazole rings is 1. The molecule has 1 aliphatic rings. The fourth-order valence-corrected chi connectivity index (χ4v) is 2.51. The molecule has 2 rings (SSSR count). The lowest BCUT2D eigenvalue weighted by Crippen LogP contribution is -2.13. The predicted octanol–water partition coefficient (Wildman–Crippen LogP) is 2.52. The number of ether oxygens (including phenoxy) is 1. The molecule has 0 saturated heterocycles. The van der Waals surface area contributed by atoms with Gasteiger partial charge in [0.2, 0.25) is 5.95 Å². The van der Waals surface area contributed by atoms with E-state index in [9.17, 15) is 0 Å². The van der Waals surface area contributed by atoms with Crippen molar-refractivity contribution in [2.45, 2.75) is 38.6 Å². The summed E-state index contributed by atoms with van der Waals surface area (Å²) in [5, 5.41) is 3.37. The Morgan fingerprint density at radius 1 is 1.47 bits per heavy atom. The minimum absolute atomic E-state index is 0.802. The van der Waals surface area contributed by atoms with E-state index in [1.54, 1.807) is 7.11 Å². The minimum Gasteiger partial charge on any atom is -0.385 e. The van der Waals surface area contributed by atoms with Gasteiger partial charge in [-0.1, -0.05) is 12.8 Å². The highest BCUT2D eigenvalue weighted by Gasteiger charge is 2.16. The summed E-state index contributed by atoms with van der Waals surface area (Å²) in [5.74, 6) is 1.86. The number of methoxy groups -OCH3 is 1. The lowest BCUT2D eigenvalue weighted by molar-refractivity contribution is 0.197. The fourth-order valence-electron chi connectivity index (χ4n) is 2.51. The molecule has 1 heterocycles. The van der Waals surface area contributed by atoms with E-state index in [-0.39, 0.29) is 0 Å². The average molecular weight is 237 g/mol. The Morgan fingerprint density at radius 3 is 3.06 bits per heavy atom. The number of anilines is 1. The first-order chi connectivity index (χ1) is 8.40. The standard InChI is InChI=1S/C13H23N3O/c1-17-10-4-7-14-13-15-8-9-16(13)11-12-5-2-3-6-12/h8-9,12H,2-7,10-11H2,1H3,(H,14,15). The maximum Gasteiger partial charge on any atom is 0.202 e. The molecule has 1 aromatic rings. The first-order valence-corrected chi connectivity index (χ1v) is 6.64. The Kier molecular flexibility index (Phi) is 4.86. The lowest BCUT2D eigenvalue weighted by Gasteiger charge is -2.13. The Morgan fingerprint density at radius 2 is 2.29 bits per heavy atom. The van der Waals surface area contributed by atoms with E-state index in [1.165, 1.54) is 25.7 Å². The molecule has 0 radical (unpaired) electrons. The van der Waals surface area contributed by atoms with Crippen LogP contribution in [0.1, 0.15) is 32.1 Å². The maximum atomic E-state index is 5.03. The molecule has 1 aromatic heterocycles. The van der Waals surface area contributed by atoms with Crippen LogP contribution in [0.5, 0.6) is 0 Å². The van der Waals surface area contributed by atoms with Crippen molar-refractivity contribution in [1.29, 1.82) is 0 Å². The van der Waals surface area contributed by atoms with Crippen LogP contribution in [0.25, 0.3) is 0 Å². The van der Waals surface area contributed by atoms with E-state index in [0.717, 1.165) is 38.0 Å². The Balaban J connectivity index is 1.79.